The normalized spacial score (nSPS) is 15.8. The molecule has 0 unspecified atom stereocenters. The number of amides is 2. The number of urea groups is 1. The molecule has 0 aromatic carbocycles. The van der Waals surface area contributed by atoms with Crippen molar-refractivity contribution in [2.24, 2.45) is 0 Å². The first-order chi connectivity index (χ1) is 11.8. The van der Waals surface area contributed by atoms with Crippen LogP contribution in [-0.2, 0) is 6.54 Å². The summed E-state index contributed by atoms with van der Waals surface area (Å²) in [6.07, 6.45) is 1.85. The first kappa shape index (κ1) is 14.6. The molecule has 1 aliphatic rings. The van der Waals surface area contributed by atoms with Crippen LogP contribution in [0.2, 0.25) is 0 Å². The molecule has 10 heteroatoms. The number of aromatic amines is 1. The van der Waals surface area contributed by atoms with Crippen LogP contribution in [0.15, 0.2) is 30.5 Å². The predicted molar refractivity (Wildman–Crippen MR) is 85.2 cm³/mol. The number of rotatable bonds is 3. The van der Waals surface area contributed by atoms with Crippen molar-refractivity contribution < 1.29 is 4.79 Å². The zero-order chi connectivity index (χ0) is 16.4. The number of tetrazole rings is 1. The number of carbonyl (C=O) groups excluding carboxylic acids is 1. The van der Waals surface area contributed by atoms with Crippen LogP contribution in [-0.4, -0.2) is 72.2 Å². The van der Waals surface area contributed by atoms with E-state index in [2.05, 4.69) is 35.9 Å². The summed E-state index contributed by atoms with van der Waals surface area (Å²) < 4.78 is 1.73. The fourth-order valence-electron chi connectivity index (χ4n) is 2.75. The van der Waals surface area contributed by atoms with Gasteiger partial charge in [0, 0.05) is 38.4 Å². The molecule has 1 saturated heterocycles. The molecular formula is C14H17N9O. The highest BCUT2D eigenvalue weighted by molar-refractivity contribution is 5.89. The van der Waals surface area contributed by atoms with Gasteiger partial charge in [-0.05, 0) is 12.1 Å². The summed E-state index contributed by atoms with van der Waals surface area (Å²) in [5.41, 5.74) is 0.942. The third kappa shape index (κ3) is 3.04. The van der Waals surface area contributed by atoms with Crippen molar-refractivity contribution in [1.29, 1.82) is 0 Å². The first-order valence-corrected chi connectivity index (χ1v) is 7.73. The summed E-state index contributed by atoms with van der Waals surface area (Å²) in [6, 6.07) is 7.50. The average Bonchev–Trinajstić information content (AvgIpc) is 3.24. The number of piperazine rings is 1. The Morgan fingerprint density at radius 3 is 2.88 bits per heavy atom. The van der Waals surface area contributed by atoms with E-state index in [1.54, 1.807) is 9.42 Å². The SMILES string of the molecule is O=C(Nc1cc2ccccn2n1)N1CCN(Cc2nn[nH]n2)CC1. The predicted octanol–water partition coefficient (Wildman–Crippen LogP) is 0.197. The van der Waals surface area contributed by atoms with Crippen LogP contribution in [0.3, 0.4) is 0 Å². The Morgan fingerprint density at radius 1 is 1.25 bits per heavy atom. The van der Waals surface area contributed by atoms with E-state index in [4.69, 9.17) is 0 Å². The lowest BCUT2D eigenvalue weighted by molar-refractivity contribution is 0.141. The van der Waals surface area contributed by atoms with E-state index >= 15 is 0 Å². The van der Waals surface area contributed by atoms with Crippen molar-refractivity contribution in [3.05, 3.63) is 36.3 Å². The maximum Gasteiger partial charge on any atom is 0.323 e. The van der Waals surface area contributed by atoms with Crippen LogP contribution < -0.4 is 5.32 Å². The Morgan fingerprint density at radius 2 is 2.12 bits per heavy atom. The van der Waals surface area contributed by atoms with Crippen molar-refractivity contribution in [2.45, 2.75) is 6.54 Å². The maximum absolute atomic E-state index is 12.4. The van der Waals surface area contributed by atoms with Crippen LogP contribution in [0.5, 0.6) is 0 Å². The van der Waals surface area contributed by atoms with E-state index in [1.165, 1.54) is 0 Å². The van der Waals surface area contributed by atoms with Crippen LogP contribution in [0, 0.1) is 0 Å². The Balaban J connectivity index is 1.32. The molecule has 0 saturated carbocycles. The molecule has 2 N–H and O–H groups in total. The van der Waals surface area contributed by atoms with Crippen LogP contribution in [0.1, 0.15) is 5.82 Å². The molecule has 1 aliphatic heterocycles. The molecule has 24 heavy (non-hydrogen) atoms. The van der Waals surface area contributed by atoms with Gasteiger partial charge in [-0.1, -0.05) is 11.3 Å². The summed E-state index contributed by atoms with van der Waals surface area (Å²) in [4.78, 5) is 16.4. The maximum atomic E-state index is 12.4. The van der Waals surface area contributed by atoms with Gasteiger partial charge in [-0.2, -0.15) is 5.21 Å². The first-order valence-electron chi connectivity index (χ1n) is 7.73. The summed E-state index contributed by atoms with van der Waals surface area (Å²) >= 11 is 0. The lowest BCUT2D eigenvalue weighted by Crippen LogP contribution is -2.49. The van der Waals surface area contributed by atoms with Gasteiger partial charge in [-0.3, -0.25) is 10.2 Å². The molecule has 0 spiro atoms. The number of anilines is 1. The minimum atomic E-state index is -0.127. The molecule has 124 valence electrons. The Kier molecular flexibility index (Phi) is 3.79. The molecule has 0 radical (unpaired) electrons. The van der Waals surface area contributed by atoms with E-state index in [0.29, 0.717) is 31.3 Å². The van der Waals surface area contributed by atoms with Crippen molar-refractivity contribution in [3.63, 3.8) is 0 Å². The lowest BCUT2D eigenvalue weighted by Gasteiger charge is -2.33. The van der Waals surface area contributed by atoms with Gasteiger partial charge in [0.25, 0.3) is 0 Å². The number of nitrogens with zero attached hydrogens (tertiary/aromatic N) is 7. The van der Waals surface area contributed by atoms with Crippen LogP contribution in [0.4, 0.5) is 10.6 Å². The number of fused-ring (bicyclic) bond motifs is 1. The summed E-state index contributed by atoms with van der Waals surface area (Å²) in [6.45, 7) is 3.48. The summed E-state index contributed by atoms with van der Waals surface area (Å²) in [5.74, 6) is 1.22. The van der Waals surface area contributed by atoms with Gasteiger partial charge in [0.2, 0.25) is 0 Å². The van der Waals surface area contributed by atoms with Gasteiger partial charge in [0.05, 0.1) is 12.1 Å². The molecule has 3 aromatic rings. The van der Waals surface area contributed by atoms with E-state index in [-0.39, 0.29) is 6.03 Å². The van der Waals surface area contributed by atoms with Gasteiger partial charge in [-0.25, -0.2) is 9.31 Å². The van der Waals surface area contributed by atoms with E-state index in [0.717, 1.165) is 18.6 Å². The third-order valence-electron chi connectivity index (χ3n) is 4.02. The number of aromatic nitrogens is 6. The third-order valence-corrected chi connectivity index (χ3v) is 4.02. The minimum absolute atomic E-state index is 0.127. The molecule has 2 amide bonds. The molecule has 10 nitrogen and oxygen atoms in total. The highest BCUT2D eigenvalue weighted by Gasteiger charge is 2.22. The van der Waals surface area contributed by atoms with Crippen molar-refractivity contribution in [2.75, 3.05) is 31.5 Å². The number of hydrogen-bond acceptors (Lipinski definition) is 6. The number of H-pyrrole nitrogens is 1. The average molecular weight is 327 g/mol. The van der Waals surface area contributed by atoms with Gasteiger partial charge >= 0.3 is 6.03 Å². The van der Waals surface area contributed by atoms with Crippen molar-refractivity contribution >= 4 is 17.4 Å². The topological polar surface area (TPSA) is 107 Å². The van der Waals surface area contributed by atoms with Gasteiger partial charge in [0.1, 0.15) is 0 Å². The molecule has 0 aliphatic carbocycles. The summed E-state index contributed by atoms with van der Waals surface area (Å²) in [5, 5.41) is 21.1. The fraction of sp³-hybridized carbons (Fsp3) is 0.357. The second-order valence-corrected chi connectivity index (χ2v) is 5.62. The van der Waals surface area contributed by atoms with Crippen LogP contribution >= 0.6 is 0 Å². The van der Waals surface area contributed by atoms with Gasteiger partial charge < -0.3 is 4.90 Å². The zero-order valence-corrected chi connectivity index (χ0v) is 13.0. The van der Waals surface area contributed by atoms with Crippen molar-refractivity contribution in [3.8, 4) is 0 Å². The molecule has 4 heterocycles. The largest absolute Gasteiger partial charge is 0.323 e. The molecule has 0 atom stereocenters. The fourth-order valence-corrected chi connectivity index (χ4v) is 2.75. The second kappa shape index (κ2) is 6.24. The van der Waals surface area contributed by atoms with Gasteiger partial charge in [-0.15, -0.1) is 15.3 Å². The monoisotopic (exact) mass is 327 g/mol. The molecule has 1 fully saturated rings. The highest BCUT2D eigenvalue weighted by Crippen LogP contribution is 2.12. The number of carbonyl (C=O) groups is 1. The Hall–Kier alpha value is -3.01. The number of pyridine rings is 1. The van der Waals surface area contributed by atoms with E-state index in [1.807, 2.05) is 30.5 Å². The summed E-state index contributed by atoms with van der Waals surface area (Å²) in [7, 11) is 0. The molecule has 3 aromatic heterocycles. The number of nitrogens with one attached hydrogen (secondary N) is 2. The standard InChI is InChI=1S/C14H17N9O/c24-14(15-12-9-11-3-1-2-4-23(11)18-12)22-7-5-21(6-8-22)10-13-16-19-20-17-13/h1-4,9H,5-8,10H2,(H,15,18,24)(H,16,17,19,20). The van der Waals surface area contributed by atoms with Crippen LogP contribution in [0.25, 0.3) is 5.52 Å². The van der Waals surface area contributed by atoms with E-state index in [9.17, 15) is 4.79 Å². The minimum Gasteiger partial charge on any atom is -0.322 e. The quantitative estimate of drug-likeness (QED) is 0.711. The second-order valence-electron chi connectivity index (χ2n) is 5.62. The molecule has 0 bridgehead atoms. The molecule has 4 rings (SSSR count). The Bertz CT molecular complexity index is 787. The van der Waals surface area contributed by atoms with E-state index < -0.39 is 0 Å². The highest BCUT2D eigenvalue weighted by atomic mass is 16.2. The molecular weight excluding hydrogens is 310 g/mol. The lowest BCUT2D eigenvalue weighted by atomic mass is 10.3. The smallest absolute Gasteiger partial charge is 0.322 e. The van der Waals surface area contributed by atoms with Gasteiger partial charge in [0.15, 0.2) is 11.6 Å². The van der Waals surface area contributed by atoms with Crippen molar-refractivity contribution in [1.82, 2.24) is 40.0 Å². The zero-order valence-electron chi connectivity index (χ0n) is 13.0. The number of hydrogen-bond donors (Lipinski definition) is 2. The Labute approximate surface area is 137 Å².